The first-order chi connectivity index (χ1) is 7.69. The second-order valence-corrected chi connectivity index (χ2v) is 5.39. The highest BCUT2D eigenvalue weighted by molar-refractivity contribution is 6.06. The maximum Gasteiger partial charge on any atom is 0.233 e. The zero-order valence-electron chi connectivity index (χ0n) is 9.32. The molecule has 0 spiro atoms. The Kier molecular flexibility index (Phi) is 2.11. The molecule has 2 amide bonds. The summed E-state index contributed by atoms with van der Waals surface area (Å²) in [5.41, 5.74) is -0.508. The summed E-state index contributed by atoms with van der Waals surface area (Å²) in [6.45, 7) is -0.0656. The quantitative estimate of drug-likeness (QED) is 0.701. The number of carbonyl (C=O) groups excluding carboxylic acids is 2. The van der Waals surface area contributed by atoms with Crippen LogP contribution in [0.5, 0.6) is 0 Å². The summed E-state index contributed by atoms with van der Waals surface area (Å²) in [7, 11) is 0. The van der Waals surface area contributed by atoms with Gasteiger partial charge in [-0.3, -0.25) is 14.5 Å². The van der Waals surface area contributed by atoms with E-state index in [1.807, 2.05) is 0 Å². The van der Waals surface area contributed by atoms with Crippen molar-refractivity contribution in [3.8, 4) is 0 Å². The molecule has 88 valence electrons. The highest BCUT2D eigenvalue weighted by atomic mass is 16.3. The van der Waals surface area contributed by atoms with Crippen LogP contribution in [0.3, 0.4) is 0 Å². The summed E-state index contributed by atoms with van der Waals surface area (Å²) < 4.78 is 0. The van der Waals surface area contributed by atoms with E-state index in [4.69, 9.17) is 0 Å². The molecular weight excluding hydrogens is 206 g/mol. The number of carbonyl (C=O) groups is 2. The first kappa shape index (κ1) is 10.3. The number of nitrogens with zero attached hydrogens (tertiary/aromatic N) is 1. The average molecular weight is 223 g/mol. The van der Waals surface area contributed by atoms with Crippen LogP contribution in [0.4, 0.5) is 0 Å². The third-order valence-electron chi connectivity index (χ3n) is 4.44. The Morgan fingerprint density at radius 3 is 2.00 bits per heavy atom. The van der Waals surface area contributed by atoms with Crippen molar-refractivity contribution in [2.24, 2.45) is 11.8 Å². The van der Waals surface area contributed by atoms with Crippen molar-refractivity contribution in [2.75, 3.05) is 6.61 Å². The lowest BCUT2D eigenvalue weighted by Crippen LogP contribution is -2.44. The summed E-state index contributed by atoms with van der Waals surface area (Å²) in [5.74, 6) is -0.182. The molecule has 2 saturated carbocycles. The van der Waals surface area contributed by atoms with E-state index in [-0.39, 0.29) is 30.3 Å². The Balaban J connectivity index is 1.90. The summed E-state index contributed by atoms with van der Waals surface area (Å²) in [5, 5.41) is 9.34. The van der Waals surface area contributed by atoms with Gasteiger partial charge in [0, 0.05) is 0 Å². The molecule has 3 aliphatic rings. The summed E-state index contributed by atoms with van der Waals surface area (Å²) >= 11 is 0. The van der Waals surface area contributed by atoms with Crippen molar-refractivity contribution in [1.29, 1.82) is 0 Å². The topological polar surface area (TPSA) is 57.6 Å². The highest BCUT2D eigenvalue weighted by Crippen LogP contribution is 2.48. The van der Waals surface area contributed by atoms with Crippen molar-refractivity contribution < 1.29 is 14.7 Å². The number of aliphatic hydroxyl groups excluding tert-OH is 1. The molecule has 1 saturated heterocycles. The second kappa shape index (κ2) is 3.29. The fourth-order valence-electron chi connectivity index (χ4n) is 3.23. The van der Waals surface area contributed by atoms with Crippen molar-refractivity contribution in [2.45, 2.75) is 44.1 Å². The molecule has 2 unspecified atom stereocenters. The van der Waals surface area contributed by atoms with Gasteiger partial charge in [0.2, 0.25) is 11.8 Å². The Hall–Kier alpha value is -0.900. The summed E-state index contributed by atoms with van der Waals surface area (Å²) in [6.07, 6.45) is 5.38. The lowest BCUT2D eigenvalue weighted by atomic mass is 9.81. The number of amides is 2. The number of aliphatic hydroxyl groups is 1. The molecule has 0 aromatic carbocycles. The molecule has 4 heteroatoms. The number of hydrogen-bond donors (Lipinski definition) is 1. The zero-order valence-corrected chi connectivity index (χ0v) is 9.32. The second-order valence-electron chi connectivity index (χ2n) is 5.39. The van der Waals surface area contributed by atoms with E-state index in [0.717, 1.165) is 38.5 Å². The Morgan fingerprint density at radius 1 is 1.12 bits per heavy atom. The molecule has 1 aliphatic heterocycles. The molecule has 4 nitrogen and oxygen atoms in total. The van der Waals surface area contributed by atoms with Gasteiger partial charge in [-0.05, 0) is 25.7 Å². The average Bonchev–Trinajstić information content (AvgIpc) is 3.05. The number of hydrogen-bond acceptors (Lipinski definition) is 3. The van der Waals surface area contributed by atoms with E-state index in [1.54, 1.807) is 0 Å². The van der Waals surface area contributed by atoms with Crippen LogP contribution in [0.15, 0.2) is 0 Å². The smallest absolute Gasteiger partial charge is 0.233 e. The SMILES string of the molecule is O=C1C2CCCCC2C(=O)N1C1(CO)CC1. The van der Waals surface area contributed by atoms with Gasteiger partial charge in [0.05, 0.1) is 24.0 Å². The Morgan fingerprint density at radius 2 is 1.62 bits per heavy atom. The van der Waals surface area contributed by atoms with Crippen LogP contribution < -0.4 is 0 Å². The van der Waals surface area contributed by atoms with E-state index in [9.17, 15) is 14.7 Å². The van der Waals surface area contributed by atoms with Gasteiger partial charge in [0.15, 0.2) is 0 Å². The minimum absolute atomic E-state index is 0.0127. The van der Waals surface area contributed by atoms with Gasteiger partial charge in [0.25, 0.3) is 0 Å². The van der Waals surface area contributed by atoms with Crippen molar-refractivity contribution in [3.63, 3.8) is 0 Å². The maximum atomic E-state index is 12.2. The molecule has 2 atom stereocenters. The zero-order chi connectivity index (χ0) is 11.3. The normalized spacial score (nSPS) is 36.4. The number of fused-ring (bicyclic) bond motifs is 1. The van der Waals surface area contributed by atoms with Crippen LogP contribution in [-0.4, -0.2) is 34.0 Å². The molecule has 1 heterocycles. The van der Waals surface area contributed by atoms with Crippen LogP contribution >= 0.6 is 0 Å². The molecule has 0 bridgehead atoms. The van der Waals surface area contributed by atoms with E-state index in [2.05, 4.69) is 0 Å². The van der Waals surface area contributed by atoms with Gasteiger partial charge < -0.3 is 5.11 Å². The van der Waals surface area contributed by atoms with Gasteiger partial charge in [-0.15, -0.1) is 0 Å². The fraction of sp³-hybridized carbons (Fsp3) is 0.833. The van der Waals surface area contributed by atoms with Crippen LogP contribution in [-0.2, 0) is 9.59 Å². The predicted octanol–water partition coefficient (Wildman–Crippen LogP) is 0.686. The molecule has 16 heavy (non-hydrogen) atoms. The van der Waals surface area contributed by atoms with Gasteiger partial charge in [-0.2, -0.15) is 0 Å². The summed E-state index contributed by atoms with van der Waals surface area (Å²) in [4.78, 5) is 25.8. The third-order valence-corrected chi connectivity index (χ3v) is 4.44. The molecule has 2 aliphatic carbocycles. The molecule has 3 rings (SSSR count). The fourth-order valence-corrected chi connectivity index (χ4v) is 3.23. The minimum atomic E-state index is -0.508. The number of likely N-dealkylation sites (tertiary alicyclic amines) is 1. The first-order valence-corrected chi connectivity index (χ1v) is 6.18. The molecular formula is C12H17NO3. The molecule has 0 radical (unpaired) electrons. The lowest BCUT2D eigenvalue weighted by Gasteiger charge is -2.24. The van der Waals surface area contributed by atoms with Gasteiger partial charge in [0.1, 0.15) is 0 Å². The monoisotopic (exact) mass is 223 g/mol. The van der Waals surface area contributed by atoms with Gasteiger partial charge in [-0.25, -0.2) is 0 Å². The van der Waals surface area contributed by atoms with Crippen molar-refractivity contribution in [3.05, 3.63) is 0 Å². The van der Waals surface area contributed by atoms with E-state index < -0.39 is 5.54 Å². The first-order valence-electron chi connectivity index (χ1n) is 6.18. The molecule has 0 aromatic heterocycles. The Labute approximate surface area is 94.6 Å². The number of imide groups is 1. The third kappa shape index (κ3) is 1.19. The lowest BCUT2D eigenvalue weighted by molar-refractivity contribution is -0.144. The number of rotatable bonds is 2. The molecule has 1 N–H and O–H groups in total. The highest BCUT2D eigenvalue weighted by Gasteiger charge is 2.60. The van der Waals surface area contributed by atoms with Crippen molar-refractivity contribution >= 4 is 11.8 Å². The maximum absolute atomic E-state index is 12.2. The largest absolute Gasteiger partial charge is 0.394 e. The van der Waals surface area contributed by atoms with Crippen LogP contribution in [0, 0.1) is 11.8 Å². The molecule has 3 fully saturated rings. The van der Waals surface area contributed by atoms with Crippen molar-refractivity contribution in [1.82, 2.24) is 4.90 Å². The van der Waals surface area contributed by atoms with Crippen LogP contribution in [0.1, 0.15) is 38.5 Å². The van der Waals surface area contributed by atoms with Crippen LogP contribution in [0.2, 0.25) is 0 Å². The van der Waals surface area contributed by atoms with E-state index in [0.29, 0.717) is 0 Å². The standard InChI is InChI=1S/C12H17NO3/c14-7-12(5-6-12)13-10(15)8-3-1-2-4-9(8)11(13)16/h8-9,14H,1-7H2. The Bertz CT molecular complexity index is 324. The molecule has 0 aromatic rings. The van der Waals surface area contributed by atoms with Gasteiger partial charge in [-0.1, -0.05) is 12.8 Å². The van der Waals surface area contributed by atoms with Gasteiger partial charge >= 0.3 is 0 Å². The predicted molar refractivity (Wildman–Crippen MR) is 56.4 cm³/mol. The van der Waals surface area contributed by atoms with E-state index in [1.165, 1.54) is 4.90 Å². The van der Waals surface area contributed by atoms with Crippen LogP contribution in [0.25, 0.3) is 0 Å². The minimum Gasteiger partial charge on any atom is -0.394 e. The summed E-state index contributed by atoms with van der Waals surface area (Å²) in [6, 6.07) is 0. The van der Waals surface area contributed by atoms with E-state index >= 15 is 0 Å².